The molecular formula is C20H19FN2O4. The van der Waals surface area contributed by atoms with Crippen LogP contribution >= 0.6 is 0 Å². The first-order valence-electron chi connectivity index (χ1n) is 8.42. The largest absolute Gasteiger partial charge is 0.490 e. The summed E-state index contributed by atoms with van der Waals surface area (Å²) in [6.07, 6.45) is 1.58. The smallest absolute Gasteiger partial charge is 0.328 e. The van der Waals surface area contributed by atoms with Crippen LogP contribution in [0.25, 0.3) is 6.08 Å². The number of ether oxygens (including phenoxy) is 2. The monoisotopic (exact) mass is 370 g/mol. The molecule has 2 aromatic rings. The van der Waals surface area contributed by atoms with Crippen LogP contribution in [0, 0.1) is 5.82 Å². The molecule has 3 amide bonds. The number of amides is 3. The molecule has 140 valence electrons. The Kier molecular flexibility index (Phi) is 5.40. The van der Waals surface area contributed by atoms with Crippen molar-refractivity contribution >= 4 is 18.0 Å². The van der Waals surface area contributed by atoms with Crippen LogP contribution in [-0.4, -0.2) is 30.5 Å². The van der Waals surface area contributed by atoms with E-state index >= 15 is 0 Å². The molecule has 1 aliphatic rings. The van der Waals surface area contributed by atoms with Gasteiger partial charge in [-0.15, -0.1) is 0 Å². The van der Waals surface area contributed by atoms with Crippen molar-refractivity contribution in [2.45, 2.75) is 13.5 Å². The van der Waals surface area contributed by atoms with Crippen LogP contribution in [0.15, 0.2) is 48.2 Å². The van der Waals surface area contributed by atoms with Crippen molar-refractivity contribution in [3.8, 4) is 11.5 Å². The highest BCUT2D eigenvalue weighted by Crippen LogP contribution is 2.30. The quantitative estimate of drug-likeness (QED) is 0.626. The highest BCUT2D eigenvalue weighted by atomic mass is 19.1. The second-order valence-electron chi connectivity index (χ2n) is 5.91. The third-order valence-corrected chi connectivity index (χ3v) is 3.97. The van der Waals surface area contributed by atoms with Gasteiger partial charge in [-0.2, -0.15) is 0 Å². The van der Waals surface area contributed by atoms with E-state index in [4.69, 9.17) is 9.47 Å². The summed E-state index contributed by atoms with van der Waals surface area (Å²) in [6, 6.07) is 10.8. The van der Waals surface area contributed by atoms with E-state index in [1.165, 1.54) is 19.2 Å². The third-order valence-electron chi connectivity index (χ3n) is 3.97. The van der Waals surface area contributed by atoms with Crippen molar-refractivity contribution in [1.82, 2.24) is 10.2 Å². The molecule has 0 bridgehead atoms. The predicted molar refractivity (Wildman–Crippen MR) is 97.6 cm³/mol. The maximum atomic E-state index is 13.0. The summed E-state index contributed by atoms with van der Waals surface area (Å²) in [5.74, 6) is 0.348. The number of likely N-dealkylation sites (N-methyl/N-ethyl adjacent to an activating group) is 1. The summed E-state index contributed by atoms with van der Waals surface area (Å²) in [4.78, 5) is 24.5. The van der Waals surface area contributed by atoms with E-state index in [2.05, 4.69) is 5.32 Å². The Bertz CT molecular complexity index is 893. The van der Waals surface area contributed by atoms with E-state index in [1.807, 2.05) is 6.92 Å². The number of nitrogens with one attached hydrogen (secondary N) is 1. The van der Waals surface area contributed by atoms with Crippen molar-refractivity contribution in [2.24, 2.45) is 0 Å². The van der Waals surface area contributed by atoms with Gasteiger partial charge in [0.15, 0.2) is 11.5 Å². The van der Waals surface area contributed by atoms with Crippen molar-refractivity contribution in [2.75, 3.05) is 13.7 Å². The lowest BCUT2D eigenvalue weighted by Crippen LogP contribution is -2.25. The molecule has 1 aliphatic heterocycles. The van der Waals surface area contributed by atoms with Gasteiger partial charge in [0.25, 0.3) is 5.91 Å². The van der Waals surface area contributed by atoms with Gasteiger partial charge in [-0.05, 0) is 48.4 Å². The molecule has 1 heterocycles. The van der Waals surface area contributed by atoms with Crippen molar-refractivity contribution in [3.05, 3.63) is 65.1 Å². The van der Waals surface area contributed by atoms with Crippen LogP contribution < -0.4 is 14.8 Å². The van der Waals surface area contributed by atoms with Crippen LogP contribution in [0.5, 0.6) is 11.5 Å². The maximum Gasteiger partial charge on any atom is 0.328 e. The van der Waals surface area contributed by atoms with Gasteiger partial charge in [0.2, 0.25) is 0 Å². The second kappa shape index (κ2) is 7.90. The summed E-state index contributed by atoms with van der Waals surface area (Å²) < 4.78 is 24.4. The molecule has 0 radical (unpaired) electrons. The molecule has 0 saturated carbocycles. The minimum atomic E-state index is -0.462. The fourth-order valence-corrected chi connectivity index (χ4v) is 2.53. The Balaban J connectivity index is 1.79. The first-order valence-corrected chi connectivity index (χ1v) is 8.42. The van der Waals surface area contributed by atoms with E-state index in [0.29, 0.717) is 23.7 Å². The summed E-state index contributed by atoms with van der Waals surface area (Å²) in [6.45, 7) is 2.55. The first kappa shape index (κ1) is 18.4. The standard InChI is InChI=1S/C20H19FN2O4/c1-3-26-18-11-14(10-16-19(24)23(2)20(25)22-16)6-9-17(18)27-12-13-4-7-15(21)8-5-13/h4-11H,3,12H2,1-2H3,(H,22,25)/b16-10+. The van der Waals surface area contributed by atoms with Crippen LogP contribution in [0.2, 0.25) is 0 Å². The molecule has 0 unspecified atom stereocenters. The summed E-state index contributed by atoms with van der Waals surface area (Å²) in [7, 11) is 1.41. The molecule has 27 heavy (non-hydrogen) atoms. The molecule has 7 heteroatoms. The van der Waals surface area contributed by atoms with Crippen molar-refractivity contribution in [3.63, 3.8) is 0 Å². The summed E-state index contributed by atoms with van der Waals surface area (Å²) in [5.41, 5.74) is 1.71. The Hall–Kier alpha value is -3.35. The van der Waals surface area contributed by atoms with Gasteiger partial charge in [-0.1, -0.05) is 18.2 Å². The molecule has 1 N–H and O–H groups in total. The van der Waals surface area contributed by atoms with E-state index < -0.39 is 11.9 Å². The van der Waals surface area contributed by atoms with Gasteiger partial charge in [0.1, 0.15) is 18.1 Å². The molecule has 0 aromatic heterocycles. The Morgan fingerprint density at radius 2 is 1.81 bits per heavy atom. The van der Waals surface area contributed by atoms with Gasteiger partial charge < -0.3 is 14.8 Å². The van der Waals surface area contributed by atoms with Gasteiger partial charge in [0.05, 0.1) is 6.61 Å². The Labute approximate surface area is 156 Å². The molecule has 1 fully saturated rings. The molecule has 0 aliphatic carbocycles. The van der Waals surface area contributed by atoms with Crippen LogP contribution in [0.3, 0.4) is 0 Å². The SMILES string of the molecule is CCOc1cc(/C=C2/NC(=O)N(C)C2=O)ccc1OCc1ccc(F)cc1. The molecule has 6 nitrogen and oxygen atoms in total. The van der Waals surface area contributed by atoms with Crippen LogP contribution in [0.4, 0.5) is 9.18 Å². The third kappa shape index (κ3) is 4.25. The lowest BCUT2D eigenvalue weighted by atomic mass is 10.1. The fourth-order valence-electron chi connectivity index (χ4n) is 2.53. The Morgan fingerprint density at radius 3 is 2.44 bits per heavy atom. The molecule has 0 spiro atoms. The van der Waals surface area contributed by atoms with E-state index in [9.17, 15) is 14.0 Å². The number of halogens is 1. The maximum absolute atomic E-state index is 13.0. The van der Waals surface area contributed by atoms with Gasteiger partial charge in [0, 0.05) is 7.05 Å². The molecule has 3 rings (SSSR count). The summed E-state index contributed by atoms with van der Waals surface area (Å²) in [5, 5.41) is 2.52. The average Bonchev–Trinajstić information content (AvgIpc) is 2.89. The zero-order valence-electron chi connectivity index (χ0n) is 15.0. The number of nitrogens with zero attached hydrogens (tertiary/aromatic N) is 1. The topological polar surface area (TPSA) is 67.9 Å². The number of carbonyl (C=O) groups is 2. The highest BCUT2D eigenvalue weighted by Gasteiger charge is 2.29. The van der Waals surface area contributed by atoms with Gasteiger partial charge in [-0.25, -0.2) is 9.18 Å². The van der Waals surface area contributed by atoms with Crippen LogP contribution in [0.1, 0.15) is 18.1 Å². The minimum Gasteiger partial charge on any atom is -0.490 e. The zero-order valence-corrected chi connectivity index (χ0v) is 15.0. The number of hydrogen-bond donors (Lipinski definition) is 1. The van der Waals surface area contributed by atoms with E-state index in [1.54, 1.807) is 36.4 Å². The van der Waals surface area contributed by atoms with Crippen LogP contribution in [-0.2, 0) is 11.4 Å². The zero-order chi connectivity index (χ0) is 19.4. The lowest BCUT2D eigenvalue weighted by Gasteiger charge is -2.13. The highest BCUT2D eigenvalue weighted by molar-refractivity contribution is 6.13. The normalized spacial score (nSPS) is 15.2. The van der Waals surface area contributed by atoms with Gasteiger partial charge in [-0.3, -0.25) is 9.69 Å². The number of benzene rings is 2. The van der Waals surface area contributed by atoms with Crippen molar-refractivity contribution in [1.29, 1.82) is 0 Å². The van der Waals surface area contributed by atoms with E-state index in [0.717, 1.165) is 10.5 Å². The number of hydrogen-bond acceptors (Lipinski definition) is 4. The number of rotatable bonds is 6. The molecule has 0 atom stereocenters. The van der Waals surface area contributed by atoms with E-state index in [-0.39, 0.29) is 18.1 Å². The lowest BCUT2D eigenvalue weighted by molar-refractivity contribution is -0.121. The van der Waals surface area contributed by atoms with Crippen molar-refractivity contribution < 1.29 is 23.5 Å². The second-order valence-corrected chi connectivity index (χ2v) is 5.91. The minimum absolute atomic E-state index is 0.199. The molecular weight excluding hydrogens is 351 g/mol. The number of imide groups is 1. The first-order chi connectivity index (χ1) is 13.0. The van der Waals surface area contributed by atoms with Gasteiger partial charge >= 0.3 is 6.03 Å². The average molecular weight is 370 g/mol. The Morgan fingerprint density at radius 1 is 1.07 bits per heavy atom. The fraction of sp³-hybridized carbons (Fsp3) is 0.200. The predicted octanol–water partition coefficient (Wildman–Crippen LogP) is 3.33. The number of carbonyl (C=O) groups excluding carboxylic acids is 2. The molecule has 1 saturated heterocycles. The molecule has 2 aromatic carbocycles. The number of urea groups is 1. The summed E-state index contributed by atoms with van der Waals surface area (Å²) >= 11 is 0.